The van der Waals surface area contributed by atoms with E-state index in [-0.39, 0.29) is 58.5 Å². The minimum Gasteiger partial charge on any atom is -0.489 e. The van der Waals surface area contributed by atoms with Crippen molar-refractivity contribution in [2.45, 2.75) is 57.3 Å². The highest BCUT2D eigenvalue weighted by Gasteiger charge is 2.40. The molecule has 366 valence electrons. The summed E-state index contributed by atoms with van der Waals surface area (Å²) in [5.41, 5.74) is 12.4. The lowest BCUT2D eigenvalue weighted by Crippen LogP contribution is -2.36. The quantitative estimate of drug-likeness (QED) is 0.0528. The third-order valence-corrected chi connectivity index (χ3v) is 13.9. The van der Waals surface area contributed by atoms with E-state index in [1.165, 1.54) is 67.0 Å². The fourth-order valence-electron chi connectivity index (χ4n) is 10.8. The maximum atomic E-state index is 12.9. The minimum atomic E-state index is -0.523. The highest BCUT2D eigenvalue weighted by molar-refractivity contribution is 5.84. The summed E-state index contributed by atoms with van der Waals surface area (Å²) < 4.78 is 45.9. The molecular weight excluding hydrogens is 885 g/mol. The van der Waals surface area contributed by atoms with Crippen LogP contribution in [0.3, 0.4) is 0 Å². The summed E-state index contributed by atoms with van der Waals surface area (Å²) in [5.74, 6) is 0.598. The number of anilines is 4. The highest BCUT2D eigenvalue weighted by Crippen LogP contribution is 2.57. The molecule has 4 aromatic carbocycles. The molecule has 0 N–H and O–H groups in total. The number of rotatable bonds is 19. The summed E-state index contributed by atoms with van der Waals surface area (Å²) in [5, 5.41) is 0. The number of esters is 4. The zero-order chi connectivity index (χ0) is 48.0. The summed E-state index contributed by atoms with van der Waals surface area (Å²) in [7, 11) is 5.20. The molecular formula is C53H62N4O12. The molecule has 0 saturated heterocycles. The first kappa shape index (κ1) is 47.4. The number of carbonyl (C=O) groups excluding carboxylic acids is 4. The number of hydrogen-bond acceptors (Lipinski definition) is 16. The van der Waals surface area contributed by atoms with Gasteiger partial charge in [-0.15, -0.1) is 0 Å². The molecule has 0 radical (unpaired) electrons. The topological polar surface area (TPSA) is 155 Å². The lowest BCUT2D eigenvalue weighted by Gasteiger charge is -2.43. The van der Waals surface area contributed by atoms with Crippen molar-refractivity contribution < 1.29 is 57.1 Å². The summed E-state index contributed by atoms with van der Waals surface area (Å²) in [6.45, 7) is 4.10. The molecule has 0 bridgehead atoms. The van der Waals surface area contributed by atoms with Crippen LogP contribution in [0.5, 0.6) is 23.0 Å². The Kier molecular flexibility index (Phi) is 14.6. The number of benzene rings is 4. The third kappa shape index (κ3) is 9.94. The molecule has 0 spiro atoms. The summed E-state index contributed by atoms with van der Waals surface area (Å²) >= 11 is 0. The summed E-state index contributed by atoms with van der Waals surface area (Å²) in [6, 6.07) is 17.9. The summed E-state index contributed by atoms with van der Waals surface area (Å²) in [6.07, 6.45) is 8.31. The number of hydrogen-bond donors (Lipinski definition) is 0. The fraction of sp³-hybridized carbons (Fsp3) is 0.472. The van der Waals surface area contributed by atoms with Crippen LogP contribution >= 0.6 is 0 Å². The Morgan fingerprint density at radius 1 is 0.551 bits per heavy atom. The van der Waals surface area contributed by atoms with E-state index in [1.54, 1.807) is 29.2 Å². The van der Waals surface area contributed by atoms with Crippen molar-refractivity contribution in [3.63, 3.8) is 0 Å². The molecule has 5 aliphatic heterocycles. The maximum Gasteiger partial charge on any atom is 0.325 e. The zero-order valence-electron chi connectivity index (χ0n) is 40.1. The number of nitrogens with zero attached hydrogens (tertiary/aromatic N) is 4. The molecule has 9 rings (SSSR count). The van der Waals surface area contributed by atoms with Gasteiger partial charge in [0.2, 0.25) is 0 Å². The second kappa shape index (κ2) is 21.3. The largest absolute Gasteiger partial charge is 0.489 e. The van der Waals surface area contributed by atoms with Crippen molar-refractivity contribution in [2.24, 2.45) is 0 Å². The number of methoxy groups -OCH3 is 4. The zero-order valence-corrected chi connectivity index (χ0v) is 40.1. The van der Waals surface area contributed by atoms with Gasteiger partial charge in [-0.1, -0.05) is 18.2 Å². The number of para-hydroxylation sites is 2. The van der Waals surface area contributed by atoms with Gasteiger partial charge in [0.1, 0.15) is 62.4 Å². The van der Waals surface area contributed by atoms with Gasteiger partial charge in [0.15, 0.2) is 0 Å². The standard InChI is InChI=1S/C53H62N4O12/c1-62-45(58)30-56(31-46(59)63-2)41-15-5-6-16-43(41)67-25-23-66-24-26-68-44-29-34(17-18-42(44)57(32-47(60)64-3)33-48(61)65-4)49-39-27-35-11-7-19-54-21-9-13-37(50(35)54)52(39)69-53-38-14-10-22-55-20-8-12-36(51(38)55)28-40(49)53/h5-6,15-18,27-29,49H,7-14,19-26,30-33H2,1-4H3. The highest BCUT2D eigenvalue weighted by atomic mass is 16.6. The van der Waals surface area contributed by atoms with Crippen molar-refractivity contribution >= 4 is 46.6 Å². The van der Waals surface area contributed by atoms with Crippen LogP contribution < -0.4 is 33.8 Å². The van der Waals surface area contributed by atoms with Gasteiger partial charge in [0.05, 0.1) is 53.0 Å². The molecule has 16 heteroatoms. The van der Waals surface area contributed by atoms with Crippen molar-refractivity contribution in [1.29, 1.82) is 0 Å². The maximum absolute atomic E-state index is 12.9. The van der Waals surface area contributed by atoms with E-state index < -0.39 is 23.9 Å². The number of ether oxygens (including phenoxy) is 8. The van der Waals surface area contributed by atoms with Crippen LogP contribution in [0.25, 0.3) is 0 Å². The molecule has 0 aromatic heterocycles. The van der Waals surface area contributed by atoms with Gasteiger partial charge < -0.3 is 57.5 Å². The van der Waals surface area contributed by atoms with Crippen LogP contribution in [-0.2, 0) is 68.5 Å². The molecule has 5 aliphatic rings. The van der Waals surface area contributed by atoms with Crippen molar-refractivity contribution in [2.75, 3.05) is 127 Å². The summed E-state index contributed by atoms with van der Waals surface area (Å²) in [4.78, 5) is 58.5. The van der Waals surface area contributed by atoms with E-state index in [0.29, 0.717) is 22.9 Å². The smallest absolute Gasteiger partial charge is 0.325 e. The molecule has 0 amide bonds. The first-order chi connectivity index (χ1) is 33.7. The molecule has 5 heterocycles. The van der Waals surface area contributed by atoms with Gasteiger partial charge >= 0.3 is 23.9 Å². The van der Waals surface area contributed by atoms with E-state index >= 15 is 0 Å². The predicted octanol–water partition coefficient (Wildman–Crippen LogP) is 6.15. The number of carbonyl (C=O) groups is 4. The molecule has 4 aromatic rings. The Morgan fingerprint density at radius 2 is 1.00 bits per heavy atom. The van der Waals surface area contributed by atoms with E-state index in [0.717, 1.165) is 106 Å². The Bertz CT molecular complexity index is 2460. The molecule has 0 atom stereocenters. The van der Waals surface area contributed by atoms with Crippen LogP contribution in [0.15, 0.2) is 54.6 Å². The van der Waals surface area contributed by atoms with Crippen LogP contribution in [0.2, 0.25) is 0 Å². The monoisotopic (exact) mass is 946 g/mol. The van der Waals surface area contributed by atoms with Crippen LogP contribution in [-0.4, -0.2) is 131 Å². The Hall–Kier alpha value is -6.68. The van der Waals surface area contributed by atoms with E-state index in [1.807, 2.05) is 12.1 Å². The molecule has 0 aliphatic carbocycles. The van der Waals surface area contributed by atoms with Gasteiger partial charge in [0, 0.05) is 65.7 Å². The van der Waals surface area contributed by atoms with Crippen LogP contribution in [0.1, 0.15) is 70.5 Å². The Labute approximate surface area is 403 Å². The molecule has 16 nitrogen and oxygen atoms in total. The first-order valence-electron chi connectivity index (χ1n) is 24.1. The first-order valence-corrected chi connectivity index (χ1v) is 24.1. The lowest BCUT2D eigenvalue weighted by atomic mass is 9.76. The second-order valence-electron chi connectivity index (χ2n) is 18.0. The third-order valence-electron chi connectivity index (χ3n) is 13.9. The van der Waals surface area contributed by atoms with Gasteiger partial charge in [-0.2, -0.15) is 0 Å². The SMILES string of the molecule is COC(=O)CN(CC(=O)OC)c1ccccc1OCCOCCOc1cc(C2c3cc4c5c(c3Oc3c2cc2c6c3CCCN6CCC2)CCCN5CCC4)ccc1N(CC(=O)OC)CC(=O)OC. The van der Waals surface area contributed by atoms with Crippen molar-refractivity contribution in [3.8, 4) is 23.0 Å². The van der Waals surface area contributed by atoms with E-state index in [9.17, 15) is 19.2 Å². The molecule has 69 heavy (non-hydrogen) atoms. The molecule has 0 fully saturated rings. The molecule has 0 unspecified atom stereocenters. The van der Waals surface area contributed by atoms with Crippen molar-refractivity contribution in [1.82, 2.24) is 0 Å². The van der Waals surface area contributed by atoms with E-state index in [4.69, 9.17) is 37.9 Å². The number of fused-ring (bicyclic) bond motifs is 4. The minimum absolute atomic E-state index is 0.130. The molecule has 0 saturated carbocycles. The van der Waals surface area contributed by atoms with Gasteiger partial charge in [-0.25, -0.2) is 0 Å². The second-order valence-corrected chi connectivity index (χ2v) is 18.0. The van der Waals surface area contributed by atoms with Crippen LogP contribution in [0.4, 0.5) is 22.7 Å². The lowest BCUT2D eigenvalue weighted by molar-refractivity contribution is -0.141. The number of aryl methyl sites for hydroxylation is 2. The normalized spacial score (nSPS) is 15.3. The van der Waals surface area contributed by atoms with Crippen LogP contribution in [0, 0.1) is 0 Å². The average molecular weight is 947 g/mol. The average Bonchev–Trinajstić information content (AvgIpc) is 3.37. The van der Waals surface area contributed by atoms with Gasteiger partial charge in [0.25, 0.3) is 0 Å². The van der Waals surface area contributed by atoms with Gasteiger partial charge in [-0.3, -0.25) is 19.2 Å². The van der Waals surface area contributed by atoms with Gasteiger partial charge in [-0.05, 0) is 104 Å². The Morgan fingerprint density at radius 3 is 1.49 bits per heavy atom. The predicted molar refractivity (Wildman–Crippen MR) is 259 cm³/mol. The van der Waals surface area contributed by atoms with E-state index in [2.05, 4.69) is 28.0 Å². The Balaban J connectivity index is 1.02. The van der Waals surface area contributed by atoms with Crippen molar-refractivity contribution in [3.05, 3.63) is 93.5 Å². The fourth-order valence-corrected chi connectivity index (χ4v) is 10.8.